The van der Waals surface area contributed by atoms with Crippen LogP contribution in [0.5, 0.6) is 0 Å². The topological polar surface area (TPSA) is 63.1 Å². The maximum atomic E-state index is 11.8. The van der Waals surface area contributed by atoms with Gasteiger partial charge in [0.15, 0.2) is 0 Å². The summed E-state index contributed by atoms with van der Waals surface area (Å²) in [5.74, 6) is -0.533. The number of aromatic nitrogens is 2. The van der Waals surface area contributed by atoms with Crippen molar-refractivity contribution in [2.75, 3.05) is 0 Å². The van der Waals surface area contributed by atoms with Crippen molar-refractivity contribution in [2.24, 2.45) is 0 Å². The lowest BCUT2D eigenvalue weighted by molar-refractivity contribution is 0.0695. The molecule has 1 N–H and O–H groups in total. The fraction of sp³-hybridized carbons (Fsp3) is 0.208. The highest BCUT2D eigenvalue weighted by Gasteiger charge is 2.23. The molecule has 0 bridgehead atoms. The van der Waals surface area contributed by atoms with E-state index in [1.54, 1.807) is 23.7 Å². The van der Waals surface area contributed by atoms with Gasteiger partial charge in [-0.1, -0.05) is 49.2 Å². The Balaban J connectivity index is 1.64. The largest absolute Gasteiger partial charge is 0.478 e. The maximum Gasteiger partial charge on any atom is 0.335 e. The first-order valence-corrected chi connectivity index (χ1v) is 10.7. The van der Waals surface area contributed by atoms with Gasteiger partial charge in [-0.25, -0.2) is 14.8 Å². The van der Waals surface area contributed by atoms with Crippen molar-refractivity contribution < 1.29 is 9.90 Å². The zero-order valence-electron chi connectivity index (χ0n) is 15.8. The number of carboxylic acids is 1. The van der Waals surface area contributed by atoms with E-state index in [0.717, 1.165) is 63.2 Å². The van der Waals surface area contributed by atoms with Crippen molar-refractivity contribution in [2.45, 2.75) is 31.6 Å². The molecule has 5 rings (SSSR count). The quantitative estimate of drug-likeness (QED) is 0.432. The number of rotatable bonds is 4. The van der Waals surface area contributed by atoms with E-state index in [0.29, 0.717) is 11.5 Å². The molecule has 2 heterocycles. The van der Waals surface area contributed by atoms with Crippen molar-refractivity contribution >= 4 is 27.5 Å². The highest BCUT2D eigenvalue weighted by molar-refractivity contribution is 7.21. The number of hydrogen-bond donors (Lipinski definition) is 1. The lowest BCUT2D eigenvalue weighted by Crippen LogP contribution is -2.06. The van der Waals surface area contributed by atoms with E-state index in [4.69, 9.17) is 0 Å². The van der Waals surface area contributed by atoms with Gasteiger partial charge in [0.1, 0.15) is 11.2 Å². The van der Waals surface area contributed by atoms with Gasteiger partial charge < -0.3 is 5.11 Å². The molecule has 0 unspecified atom stereocenters. The van der Waals surface area contributed by atoms with Crippen LogP contribution in [0.2, 0.25) is 0 Å². The van der Waals surface area contributed by atoms with Gasteiger partial charge in [-0.05, 0) is 48.1 Å². The zero-order chi connectivity index (χ0) is 19.8. The minimum absolute atomic E-state index is 0.320. The molecule has 1 aliphatic carbocycles. The van der Waals surface area contributed by atoms with E-state index in [1.807, 2.05) is 30.3 Å². The van der Waals surface area contributed by atoms with Gasteiger partial charge in [-0.15, -0.1) is 11.3 Å². The molecule has 0 aliphatic heterocycles. The number of nitrogens with zero attached hydrogens (tertiary/aromatic N) is 2. The normalized spacial score (nSPS) is 14.5. The number of thiophene rings is 1. The van der Waals surface area contributed by atoms with Crippen molar-refractivity contribution in [3.05, 3.63) is 72.1 Å². The number of aromatic carboxylic acids is 1. The molecule has 4 nitrogen and oxygen atoms in total. The van der Waals surface area contributed by atoms with E-state index in [1.165, 1.54) is 0 Å². The van der Waals surface area contributed by atoms with Crippen LogP contribution in [0, 0.1) is 0 Å². The Morgan fingerprint density at radius 2 is 1.76 bits per heavy atom. The van der Waals surface area contributed by atoms with Gasteiger partial charge in [-0.3, -0.25) is 0 Å². The molecule has 1 saturated carbocycles. The maximum absolute atomic E-state index is 11.8. The smallest absolute Gasteiger partial charge is 0.335 e. The molecule has 144 valence electrons. The van der Waals surface area contributed by atoms with Gasteiger partial charge in [-0.2, -0.15) is 0 Å². The fourth-order valence-corrected chi connectivity index (χ4v) is 5.31. The van der Waals surface area contributed by atoms with Gasteiger partial charge in [0.2, 0.25) is 0 Å². The summed E-state index contributed by atoms with van der Waals surface area (Å²) in [7, 11) is 0. The Kier molecular flexibility index (Phi) is 4.60. The molecule has 0 saturated heterocycles. The minimum atomic E-state index is -0.854. The van der Waals surface area contributed by atoms with Crippen molar-refractivity contribution in [1.82, 2.24) is 9.97 Å². The molecule has 1 aliphatic rings. The predicted molar refractivity (Wildman–Crippen MR) is 116 cm³/mol. The van der Waals surface area contributed by atoms with Crippen LogP contribution in [0.3, 0.4) is 0 Å². The van der Waals surface area contributed by atoms with E-state index in [-0.39, 0.29) is 0 Å². The molecule has 0 spiro atoms. The minimum Gasteiger partial charge on any atom is -0.478 e. The van der Waals surface area contributed by atoms with Crippen LogP contribution < -0.4 is 0 Å². The molecule has 2 aromatic carbocycles. The summed E-state index contributed by atoms with van der Waals surface area (Å²) in [6.45, 7) is 0. The fourth-order valence-electron chi connectivity index (χ4n) is 4.31. The SMILES string of the molecule is O=C(O)c1ccc(-c2ncnc3sc(-c4ccccc4)cc23)cc1C1CCCC1. The molecule has 0 radical (unpaired) electrons. The summed E-state index contributed by atoms with van der Waals surface area (Å²) < 4.78 is 0. The second-order valence-corrected chi connectivity index (χ2v) is 8.54. The zero-order valence-corrected chi connectivity index (χ0v) is 16.7. The Hall–Kier alpha value is -3.05. The molecule has 0 atom stereocenters. The van der Waals surface area contributed by atoms with E-state index in [9.17, 15) is 9.90 Å². The van der Waals surface area contributed by atoms with E-state index >= 15 is 0 Å². The monoisotopic (exact) mass is 400 g/mol. The summed E-state index contributed by atoms with van der Waals surface area (Å²) in [6.07, 6.45) is 6.04. The number of hydrogen-bond acceptors (Lipinski definition) is 4. The number of benzene rings is 2. The van der Waals surface area contributed by atoms with Gasteiger partial charge >= 0.3 is 5.97 Å². The first-order chi connectivity index (χ1) is 14.2. The number of fused-ring (bicyclic) bond motifs is 1. The Morgan fingerprint density at radius 1 is 0.966 bits per heavy atom. The average Bonchev–Trinajstić information content (AvgIpc) is 3.43. The summed E-state index contributed by atoms with van der Waals surface area (Å²) in [6, 6.07) is 18.1. The van der Waals surface area contributed by atoms with Crippen LogP contribution in [0.25, 0.3) is 31.9 Å². The molecule has 1 fully saturated rings. The second kappa shape index (κ2) is 7.41. The van der Waals surface area contributed by atoms with Gasteiger partial charge in [0, 0.05) is 15.8 Å². The lowest BCUT2D eigenvalue weighted by Gasteiger charge is -2.15. The Morgan fingerprint density at radius 3 is 2.52 bits per heavy atom. The molecular formula is C24H20N2O2S. The third kappa shape index (κ3) is 3.32. The van der Waals surface area contributed by atoms with Crippen molar-refractivity contribution in [3.8, 4) is 21.7 Å². The third-order valence-electron chi connectivity index (χ3n) is 5.74. The molecular weight excluding hydrogens is 380 g/mol. The first-order valence-electron chi connectivity index (χ1n) is 9.88. The predicted octanol–water partition coefficient (Wildman–Crippen LogP) is 6.38. The standard InChI is InChI=1S/C24H20N2O2S/c27-24(28)18-11-10-17(12-19(18)15-6-4-5-7-15)22-20-13-21(16-8-2-1-3-9-16)29-23(20)26-14-25-22/h1-3,8-15H,4-7H2,(H,27,28). The summed E-state index contributed by atoms with van der Waals surface area (Å²) in [4.78, 5) is 22.9. The molecule has 5 heteroatoms. The van der Waals surface area contributed by atoms with Crippen LogP contribution in [0.15, 0.2) is 60.9 Å². The summed E-state index contributed by atoms with van der Waals surface area (Å²) in [5, 5.41) is 10.7. The molecule has 4 aromatic rings. The van der Waals surface area contributed by atoms with E-state index < -0.39 is 5.97 Å². The number of carbonyl (C=O) groups is 1. The Labute approximate surface area is 172 Å². The van der Waals surface area contributed by atoms with Crippen molar-refractivity contribution in [3.63, 3.8) is 0 Å². The van der Waals surface area contributed by atoms with Gasteiger partial charge in [0.05, 0.1) is 11.3 Å². The highest BCUT2D eigenvalue weighted by atomic mass is 32.1. The molecule has 29 heavy (non-hydrogen) atoms. The average molecular weight is 401 g/mol. The molecule has 0 amide bonds. The van der Waals surface area contributed by atoms with Crippen LogP contribution in [0.1, 0.15) is 47.5 Å². The van der Waals surface area contributed by atoms with Crippen LogP contribution in [0.4, 0.5) is 0 Å². The van der Waals surface area contributed by atoms with Crippen molar-refractivity contribution in [1.29, 1.82) is 0 Å². The molecule has 2 aromatic heterocycles. The van der Waals surface area contributed by atoms with Crippen LogP contribution >= 0.6 is 11.3 Å². The second-order valence-electron chi connectivity index (χ2n) is 7.51. The summed E-state index contributed by atoms with van der Waals surface area (Å²) >= 11 is 1.65. The summed E-state index contributed by atoms with van der Waals surface area (Å²) in [5.41, 5.74) is 4.35. The van der Waals surface area contributed by atoms with Gasteiger partial charge in [0.25, 0.3) is 0 Å². The lowest BCUT2D eigenvalue weighted by atomic mass is 9.90. The first kappa shape index (κ1) is 18.0. The van der Waals surface area contributed by atoms with Crippen LogP contribution in [-0.2, 0) is 0 Å². The van der Waals surface area contributed by atoms with Crippen LogP contribution in [-0.4, -0.2) is 21.0 Å². The Bertz CT molecular complexity index is 1190. The van der Waals surface area contributed by atoms with E-state index in [2.05, 4.69) is 28.2 Å². The third-order valence-corrected chi connectivity index (χ3v) is 6.83. The number of carboxylic acid groups (broad SMARTS) is 1. The highest BCUT2D eigenvalue weighted by Crippen LogP contribution is 2.40.